The van der Waals surface area contributed by atoms with Gasteiger partial charge in [-0.15, -0.1) is 0 Å². The van der Waals surface area contributed by atoms with Gasteiger partial charge in [-0.25, -0.2) is 0 Å². The largest absolute Gasteiger partial charge is 0.393 e. The van der Waals surface area contributed by atoms with Crippen LogP contribution in [0, 0.1) is 46.3 Å². The fourth-order valence-electron chi connectivity index (χ4n) is 10.3. The fourth-order valence-corrected chi connectivity index (χ4v) is 10.8. The predicted octanol–water partition coefficient (Wildman–Crippen LogP) is 3.22. The second-order valence-corrected chi connectivity index (χ2v) is 17.3. The van der Waals surface area contributed by atoms with Crippen LogP contribution in [0.4, 0.5) is 0 Å². The number of nitrogens with one attached hydrogen (secondary N) is 1. The SMILES string of the molecule is C[C@H](CCC(=O)NCCC[N+](C)(C)CCCS(=O)(=O)O)[C@H]1CC[C@@H]2[C@H]3[C@H](O)C[C@H]4C[C@H](O)CC[C@]4(C)[C@@H]3C[C@H](O)[C@@]21C. The lowest BCUT2D eigenvalue weighted by Crippen LogP contribution is -2.62. The van der Waals surface area contributed by atoms with Gasteiger partial charge >= 0.3 is 0 Å². The highest BCUT2D eigenvalue weighted by atomic mass is 32.2. The summed E-state index contributed by atoms with van der Waals surface area (Å²) in [5.41, 5.74) is -0.185. The third-order valence-electron chi connectivity index (χ3n) is 12.8. The Labute approximate surface area is 254 Å². The van der Waals surface area contributed by atoms with Crippen molar-refractivity contribution < 1.29 is 37.6 Å². The number of fused-ring (bicyclic) bond motifs is 5. The maximum absolute atomic E-state index is 12.7. The Morgan fingerprint density at radius 3 is 2.38 bits per heavy atom. The Morgan fingerprint density at radius 1 is 1.00 bits per heavy atom. The molecular weight excluding hydrogens is 556 g/mol. The molecule has 0 heterocycles. The molecule has 4 fully saturated rings. The number of hydrogen-bond donors (Lipinski definition) is 5. The maximum Gasteiger partial charge on any atom is 0.265 e. The van der Waals surface area contributed by atoms with Crippen LogP contribution in [0.1, 0.15) is 91.4 Å². The second kappa shape index (κ2) is 12.9. The van der Waals surface area contributed by atoms with Gasteiger partial charge in [-0.05, 0) is 97.7 Å². The summed E-state index contributed by atoms with van der Waals surface area (Å²) in [4.78, 5) is 12.7. The lowest BCUT2D eigenvalue weighted by atomic mass is 9.43. The monoisotopic (exact) mass is 615 g/mol. The van der Waals surface area contributed by atoms with E-state index in [1.165, 1.54) is 0 Å². The first kappa shape index (κ1) is 34.1. The molecule has 4 aliphatic carbocycles. The molecule has 11 atom stereocenters. The Kier molecular flexibility index (Phi) is 10.5. The van der Waals surface area contributed by atoms with Crippen LogP contribution in [0.5, 0.6) is 0 Å². The molecule has 0 aromatic rings. The topological polar surface area (TPSA) is 144 Å². The zero-order chi connectivity index (χ0) is 31.1. The van der Waals surface area contributed by atoms with Crippen LogP contribution >= 0.6 is 0 Å². The number of aliphatic hydroxyl groups is 3. The minimum Gasteiger partial charge on any atom is -0.393 e. The molecule has 9 nitrogen and oxygen atoms in total. The third kappa shape index (κ3) is 7.20. The number of aliphatic hydroxyl groups excluding tert-OH is 3. The van der Waals surface area contributed by atoms with Crippen molar-refractivity contribution in [1.29, 1.82) is 0 Å². The molecule has 0 saturated heterocycles. The lowest BCUT2D eigenvalue weighted by Gasteiger charge is -2.63. The van der Waals surface area contributed by atoms with Crippen molar-refractivity contribution in [3.05, 3.63) is 0 Å². The third-order valence-corrected chi connectivity index (χ3v) is 13.6. The highest BCUT2D eigenvalue weighted by Gasteiger charge is 2.65. The molecule has 5 N–H and O–H groups in total. The number of hydrogen-bond acceptors (Lipinski definition) is 6. The van der Waals surface area contributed by atoms with E-state index in [4.69, 9.17) is 4.55 Å². The molecule has 0 bridgehead atoms. The van der Waals surface area contributed by atoms with Crippen LogP contribution in [-0.2, 0) is 14.9 Å². The van der Waals surface area contributed by atoms with Crippen LogP contribution < -0.4 is 5.32 Å². The Bertz CT molecular complexity index is 1050. The summed E-state index contributed by atoms with van der Waals surface area (Å²) in [6.07, 6.45) is 7.47. The number of nitrogens with zero attached hydrogens (tertiary/aromatic N) is 1. The Morgan fingerprint density at radius 2 is 1.69 bits per heavy atom. The van der Waals surface area contributed by atoms with E-state index in [9.17, 15) is 28.5 Å². The number of carbonyl (C=O) groups is 1. The molecule has 10 heteroatoms. The number of quaternary nitrogens is 1. The van der Waals surface area contributed by atoms with Crippen LogP contribution in [0.2, 0.25) is 0 Å². The van der Waals surface area contributed by atoms with E-state index in [1.54, 1.807) is 0 Å². The minimum atomic E-state index is -3.93. The molecular formula is C32H59N2O7S+. The summed E-state index contributed by atoms with van der Waals surface area (Å²) < 4.78 is 31.5. The number of amides is 1. The number of carbonyl (C=O) groups excluding carboxylic acids is 1. The van der Waals surface area contributed by atoms with Crippen LogP contribution in [0.15, 0.2) is 0 Å². The fraction of sp³-hybridized carbons (Fsp3) is 0.969. The van der Waals surface area contributed by atoms with Gasteiger partial charge in [-0.1, -0.05) is 20.8 Å². The summed E-state index contributed by atoms with van der Waals surface area (Å²) in [6, 6.07) is 0. The van der Waals surface area contributed by atoms with Crippen molar-refractivity contribution in [2.24, 2.45) is 46.3 Å². The second-order valence-electron chi connectivity index (χ2n) is 15.8. The Balaban J connectivity index is 1.27. The first-order valence-corrected chi connectivity index (χ1v) is 18.2. The predicted molar refractivity (Wildman–Crippen MR) is 163 cm³/mol. The van der Waals surface area contributed by atoms with Gasteiger partial charge in [-0.3, -0.25) is 9.35 Å². The summed E-state index contributed by atoms with van der Waals surface area (Å²) in [7, 11) is 0.114. The molecule has 0 unspecified atom stereocenters. The normalized spacial score (nSPS) is 41.0. The van der Waals surface area contributed by atoms with Crippen molar-refractivity contribution in [2.45, 2.75) is 110 Å². The van der Waals surface area contributed by atoms with E-state index in [-0.39, 0.29) is 52.5 Å². The summed E-state index contributed by atoms with van der Waals surface area (Å²) in [6.45, 7) is 8.87. The highest BCUT2D eigenvalue weighted by Crippen LogP contribution is 2.68. The van der Waals surface area contributed by atoms with E-state index in [2.05, 4.69) is 26.1 Å². The van der Waals surface area contributed by atoms with Crippen LogP contribution in [0.25, 0.3) is 0 Å². The van der Waals surface area contributed by atoms with Gasteiger partial charge in [0.1, 0.15) is 0 Å². The lowest BCUT2D eigenvalue weighted by molar-refractivity contribution is -0.890. The van der Waals surface area contributed by atoms with Crippen molar-refractivity contribution >= 4 is 16.0 Å². The first-order chi connectivity index (χ1) is 19.5. The smallest absolute Gasteiger partial charge is 0.265 e. The van der Waals surface area contributed by atoms with E-state index in [0.29, 0.717) is 48.2 Å². The summed E-state index contributed by atoms with van der Waals surface area (Å²) in [5, 5.41) is 36.6. The average molecular weight is 616 g/mol. The van der Waals surface area contributed by atoms with Gasteiger partial charge in [0, 0.05) is 25.8 Å². The van der Waals surface area contributed by atoms with E-state index in [0.717, 1.165) is 64.3 Å². The first-order valence-electron chi connectivity index (χ1n) is 16.6. The average Bonchev–Trinajstić information content (AvgIpc) is 3.24. The minimum absolute atomic E-state index is 0.0450. The molecule has 4 saturated carbocycles. The quantitative estimate of drug-likeness (QED) is 0.129. The van der Waals surface area contributed by atoms with Gasteiger partial charge in [0.2, 0.25) is 5.91 Å². The van der Waals surface area contributed by atoms with Gasteiger partial charge in [0.15, 0.2) is 0 Å². The number of rotatable bonds is 12. The maximum atomic E-state index is 12.7. The summed E-state index contributed by atoms with van der Waals surface area (Å²) >= 11 is 0. The van der Waals surface area contributed by atoms with Crippen molar-refractivity contribution in [3.63, 3.8) is 0 Å². The molecule has 4 rings (SSSR count). The van der Waals surface area contributed by atoms with Gasteiger partial charge < -0.3 is 25.1 Å². The van der Waals surface area contributed by atoms with E-state index >= 15 is 0 Å². The summed E-state index contributed by atoms with van der Waals surface area (Å²) in [5.74, 6) is 1.52. The standard InChI is InChI=1S/C32H58N2O7S/c1-21(8-11-29(38)33-14-6-15-34(4,5)16-7-17-42(39,40)41)24-9-10-25-30-26(20-28(37)32(24,25)3)31(2)13-12-23(35)18-22(31)19-27(30)36/h21-28,30,35-37H,6-20H2,1-5H3,(H-,33,38,39,40,41)/p+1/t21-,22-,23-,24-,25-,26-,27-,28+,30-,31+,32-/m1/s1. The van der Waals surface area contributed by atoms with Gasteiger partial charge in [0.25, 0.3) is 10.1 Å². The molecule has 0 radical (unpaired) electrons. The molecule has 0 spiro atoms. The Hall–Kier alpha value is -0.780. The van der Waals surface area contributed by atoms with Gasteiger partial charge in [-0.2, -0.15) is 8.42 Å². The molecule has 0 aromatic carbocycles. The van der Waals surface area contributed by atoms with Crippen molar-refractivity contribution in [2.75, 3.05) is 39.5 Å². The molecule has 4 aliphatic rings. The zero-order valence-corrected chi connectivity index (χ0v) is 27.5. The molecule has 1 amide bonds. The molecule has 42 heavy (non-hydrogen) atoms. The van der Waals surface area contributed by atoms with E-state index < -0.39 is 16.2 Å². The van der Waals surface area contributed by atoms with Crippen LogP contribution in [-0.4, -0.2) is 96.5 Å². The molecule has 0 aliphatic heterocycles. The van der Waals surface area contributed by atoms with Crippen molar-refractivity contribution in [3.8, 4) is 0 Å². The molecule has 0 aromatic heterocycles. The zero-order valence-electron chi connectivity index (χ0n) is 26.7. The highest BCUT2D eigenvalue weighted by molar-refractivity contribution is 7.85. The molecule has 244 valence electrons. The van der Waals surface area contributed by atoms with Crippen LogP contribution in [0.3, 0.4) is 0 Å². The van der Waals surface area contributed by atoms with Gasteiger partial charge in [0.05, 0.1) is 51.2 Å². The van der Waals surface area contributed by atoms with Crippen molar-refractivity contribution in [1.82, 2.24) is 5.32 Å². The van der Waals surface area contributed by atoms with E-state index in [1.807, 2.05) is 14.1 Å².